The highest BCUT2D eigenvalue weighted by Crippen LogP contribution is 2.44. The minimum atomic E-state index is 0.198. The van der Waals surface area contributed by atoms with Crippen LogP contribution in [0.1, 0.15) is 37.8 Å². The van der Waals surface area contributed by atoms with E-state index in [1.165, 1.54) is 24.0 Å². The maximum atomic E-state index is 3.69. The van der Waals surface area contributed by atoms with E-state index in [4.69, 9.17) is 0 Å². The lowest BCUT2D eigenvalue weighted by Crippen LogP contribution is -2.38. The Morgan fingerprint density at radius 2 is 1.74 bits per heavy atom. The van der Waals surface area contributed by atoms with Crippen molar-refractivity contribution in [2.75, 3.05) is 26.7 Å². The molecule has 1 fully saturated rings. The molecule has 2 nitrogen and oxygen atoms in total. The van der Waals surface area contributed by atoms with Crippen LogP contribution in [0.4, 0.5) is 0 Å². The summed E-state index contributed by atoms with van der Waals surface area (Å²) >= 11 is 0. The van der Waals surface area contributed by atoms with Gasteiger partial charge in [-0.15, -0.1) is 0 Å². The third-order valence-electron chi connectivity index (χ3n) is 4.41. The van der Waals surface area contributed by atoms with Crippen molar-refractivity contribution < 1.29 is 0 Å². The zero-order valence-electron chi connectivity index (χ0n) is 12.8. The first-order valence-electron chi connectivity index (χ1n) is 7.40. The molecule has 0 spiro atoms. The van der Waals surface area contributed by atoms with Crippen molar-refractivity contribution in [3.8, 4) is 0 Å². The molecule has 0 heterocycles. The second-order valence-electron chi connectivity index (χ2n) is 6.88. The van der Waals surface area contributed by atoms with Gasteiger partial charge in [0.25, 0.3) is 0 Å². The molecule has 0 atom stereocenters. The zero-order chi connectivity index (χ0) is 13.9. The van der Waals surface area contributed by atoms with E-state index in [1.807, 2.05) is 0 Å². The lowest BCUT2D eigenvalue weighted by molar-refractivity contribution is 0.396. The number of hydrogen-bond acceptors (Lipinski definition) is 2. The van der Waals surface area contributed by atoms with Crippen molar-refractivity contribution in [1.29, 1.82) is 0 Å². The van der Waals surface area contributed by atoms with Crippen LogP contribution in [0.5, 0.6) is 0 Å². The maximum absolute atomic E-state index is 3.69. The quantitative estimate of drug-likeness (QED) is 0.788. The highest BCUT2D eigenvalue weighted by Gasteiger charge is 2.41. The summed E-state index contributed by atoms with van der Waals surface area (Å²) in [6.07, 6.45) is 2.73. The van der Waals surface area contributed by atoms with Crippen molar-refractivity contribution in [2.24, 2.45) is 5.41 Å². The van der Waals surface area contributed by atoms with E-state index >= 15 is 0 Å². The molecule has 19 heavy (non-hydrogen) atoms. The molecule has 1 aliphatic carbocycles. The third kappa shape index (κ3) is 3.80. The molecule has 0 saturated heterocycles. The van der Waals surface area contributed by atoms with Crippen LogP contribution in [0.2, 0.25) is 0 Å². The van der Waals surface area contributed by atoms with Gasteiger partial charge in [-0.3, -0.25) is 0 Å². The van der Waals surface area contributed by atoms with Gasteiger partial charge < -0.3 is 10.6 Å². The lowest BCUT2D eigenvalue weighted by atomic mass is 9.84. The summed E-state index contributed by atoms with van der Waals surface area (Å²) in [4.78, 5) is 0. The van der Waals surface area contributed by atoms with Gasteiger partial charge in [-0.25, -0.2) is 0 Å². The van der Waals surface area contributed by atoms with Gasteiger partial charge in [0.2, 0.25) is 0 Å². The molecule has 1 aromatic carbocycles. The van der Waals surface area contributed by atoms with Crippen molar-refractivity contribution in [1.82, 2.24) is 10.6 Å². The molecule has 106 valence electrons. The van der Waals surface area contributed by atoms with Gasteiger partial charge in [0.1, 0.15) is 0 Å². The van der Waals surface area contributed by atoms with Crippen LogP contribution in [0.3, 0.4) is 0 Å². The molecule has 0 aliphatic heterocycles. The summed E-state index contributed by atoms with van der Waals surface area (Å²) in [5.74, 6) is 0. The molecule has 1 saturated carbocycles. The second kappa shape index (κ2) is 5.64. The highest BCUT2D eigenvalue weighted by atomic mass is 14.9. The molecule has 0 bridgehead atoms. The molecule has 0 unspecified atom stereocenters. The average Bonchev–Trinajstić information content (AvgIpc) is 3.10. The van der Waals surface area contributed by atoms with Gasteiger partial charge in [-0.05, 0) is 37.8 Å². The van der Waals surface area contributed by atoms with Gasteiger partial charge in [0, 0.05) is 25.0 Å². The first kappa shape index (κ1) is 14.5. The fourth-order valence-electron chi connectivity index (χ4n) is 2.71. The van der Waals surface area contributed by atoms with Gasteiger partial charge in [-0.1, -0.05) is 43.7 Å². The predicted octanol–water partition coefficient (Wildman–Crippen LogP) is 2.86. The number of aryl methyl sites for hydroxylation is 1. The van der Waals surface area contributed by atoms with E-state index in [-0.39, 0.29) is 5.41 Å². The number of nitrogens with one attached hydrogen (secondary N) is 2. The van der Waals surface area contributed by atoms with E-state index in [0.29, 0.717) is 5.41 Å². The van der Waals surface area contributed by atoms with Gasteiger partial charge in [0.05, 0.1) is 0 Å². The molecule has 0 radical (unpaired) electrons. The van der Waals surface area contributed by atoms with Crippen molar-refractivity contribution in [2.45, 2.75) is 39.0 Å². The third-order valence-corrected chi connectivity index (χ3v) is 4.41. The Kier molecular flexibility index (Phi) is 4.32. The Hall–Kier alpha value is -0.860. The first-order chi connectivity index (χ1) is 8.97. The fourth-order valence-corrected chi connectivity index (χ4v) is 2.71. The Labute approximate surface area is 118 Å². The summed E-state index contributed by atoms with van der Waals surface area (Å²) in [6.45, 7) is 10.1. The molecule has 1 aromatic rings. The molecule has 0 aromatic heterocycles. The average molecular weight is 260 g/mol. The summed E-state index contributed by atoms with van der Waals surface area (Å²) in [5.41, 5.74) is 3.49. The van der Waals surface area contributed by atoms with Crippen LogP contribution in [-0.4, -0.2) is 26.7 Å². The van der Waals surface area contributed by atoms with Crippen LogP contribution < -0.4 is 10.6 Å². The van der Waals surface area contributed by atoms with E-state index in [1.54, 1.807) is 0 Å². The van der Waals surface area contributed by atoms with Gasteiger partial charge >= 0.3 is 0 Å². The smallest absolute Gasteiger partial charge is 0.00434 e. The van der Waals surface area contributed by atoms with Crippen LogP contribution >= 0.6 is 0 Å². The van der Waals surface area contributed by atoms with Crippen LogP contribution in [0.25, 0.3) is 0 Å². The SMILES string of the molecule is CNCC1(CNCC(C)(C)c2ccc(C)cc2)CC1. The van der Waals surface area contributed by atoms with Crippen LogP contribution in [0.15, 0.2) is 24.3 Å². The highest BCUT2D eigenvalue weighted by molar-refractivity contribution is 5.27. The lowest BCUT2D eigenvalue weighted by Gasteiger charge is -2.27. The monoisotopic (exact) mass is 260 g/mol. The molecule has 2 heteroatoms. The molecular weight excluding hydrogens is 232 g/mol. The van der Waals surface area contributed by atoms with Crippen molar-refractivity contribution >= 4 is 0 Å². The fraction of sp³-hybridized carbons (Fsp3) is 0.647. The molecule has 2 rings (SSSR count). The number of rotatable bonds is 7. The maximum Gasteiger partial charge on any atom is 0.00434 e. The van der Waals surface area contributed by atoms with E-state index in [2.05, 4.69) is 62.7 Å². The Balaban J connectivity index is 1.85. The molecule has 0 amide bonds. The largest absolute Gasteiger partial charge is 0.319 e. The van der Waals surface area contributed by atoms with Crippen molar-refractivity contribution in [3.63, 3.8) is 0 Å². The van der Waals surface area contributed by atoms with Crippen LogP contribution in [0, 0.1) is 12.3 Å². The van der Waals surface area contributed by atoms with E-state index < -0.39 is 0 Å². The standard InChI is InChI=1S/C17H28N2/c1-14-5-7-15(8-6-14)16(2,3)11-19-13-17(9-10-17)12-18-4/h5-8,18-19H,9-13H2,1-4H3. The summed E-state index contributed by atoms with van der Waals surface area (Å²) in [5, 5.41) is 7.00. The summed E-state index contributed by atoms with van der Waals surface area (Å²) in [7, 11) is 2.05. The first-order valence-corrected chi connectivity index (χ1v) is 7.40. The minimum Gasteiger partial charge on any atom is -0.319 e. The predicted molar refractivity (Wildman–Crippen MR) is 82.7 cm³/mol. The topological polar surface area (TPSA) is 24.1 Å². The number of hydrogen-bond donors (Lipinski definition) is 2. The van der Waals surface area contributed by atoms with Gasteiger partial charge in [0.15, 0.2) is 0 Å². The molecular formula is C17H28N2. The van der Waals surface area contributed by atoms with Crippen LogP contribution in [-0.2, 0) is 5.41 Å². The van der Waals surface area contributed by atoms with E-state index in [0.717, 1.165) is 19.6 Å². The zero-order valence-corrected chi connectivity index (χ0v) is 12.8. The summed E-state index contributed by atoms with van der Waals surface area (Å²) in [6, 6.07) is 8.94. The van der Waals surface area contributed by atoms with Crippen molar-refractivity contribution in [3.05, 3.63) is 35.4 Å². The summed E-state index contributed by atoms with van der Waals surface area (Å²) < 4.78 is 0. The minimum absolute atomic E-state index is 0.198. The molecule has 2 N–H and O–H groups in total. The van der Waals surface area contributed by atoms with E-state index in [9.17, 15) is 0 Å². The Morgan fingerprint density at radius 3 is 2.26 bits per heavy atom. The Morgan fingerprint density at radius 1 is 1.11 bits per heavy atom. The molecule has 1 aliphatic rings. The normalized spacial score (nSPS) is 17.5. The second-order valence-corrected chi connectivity index (χ2v) is 6.88. The van der Waals surface area contributed by atoms with Gasteiger partial charge in [-0.2, -0.15) is 0 Å². The Bertz CT molecular complexity index is 402. The number of benzene rings is 1.